The molecule has 6 nitrogen and oxygen atoms in total. The minimum absolute atomic E-state index is 0.000708. The second kappa shape index (κ2) is 4.61. The van der Waals surface area contributed by atoms with Crippen LogP contribution in [0, 0.1) is 11.3 Å². The van der Waals surface area contributed by atoms with Gasteiger partial charge in [-0.15, -0.1) is 0 Å². The first-order valence-corrected chi connectivity index (χ1v) is 4.29. The zero-order valence-corrected chi connectivity index (χ0v) is 8.03. The van der Waals surface area contributed by atoms with Crippen molar-refractivity contribution < 1.29 is 25.2 Å². The minimum atomic E-state index is -1.98. The molecular weight excluding hydrogens is 214 g/mol. The maximum Gasteiger partial charge on any atom is 0.335 e. The molecule has 0 amide bonds. The summed E-state index contributed by atoms with van der Waals surface area (Å²) >= 11 is 0. The lowest BCUT2D eigenvalue weighted by Crippen LogP contribution is -2.27. The second-order valence-corrected chi connectivity index (χ2v) is 3.12. The number of hydrogen-bond acceptors (Lipinski definition) is 5. The Hall–Kier alpha value is -2.10. The molecule has 1 rings (SSSR count). The van der Waals surface area contributed by atoms with Crippen LogP contribution in [0.3, 0.4) is 0 Å². The summed E-state index contributed by atoms with van der Waals surface area (Å²) in [7, 11) is 0. The molecule has 1 aromatic carbocycles. The van der Waals surface area contributed by atoms with E-state index in [9.17, 15) is 15.0 Å². The van der Waals surface area contributed by atoms with E-state index in [4.69, 9.17) is 15.5 Å². The van der Waals surface area contributed by atoms with Crippen LogP contribution in [0.4, 0.5) is 0 Å². The monoisotopic (exact) mass is 223 g/mol. The first-order chi connectivity index (χ1) is 7.47. The molecule has 84 valence electrons. The first-order valence-electron chi connectivity index (χ1n) is 4.29. The van der Waals surface area contributed by atoms with E-state index >= 15 is 0 Å². The van der Waals surface area contributed by atoms with Gasteiger partial charge in [0.05, 0.1) is 5.56 Å². The molecule has 2 atom stereocenters. The van der Waals surface area contributed by atoms with Crippen LogP contribution in [-0.2, 0) is 4.79 Å². The summed E-state index contributed by atoms with van der Waals surface area (Å²) in [5, 5.41) is 44.8. The average molecular weight is 223 g/mol. The number of nitrogens with zero attached hydrogens (tertiary/aromatic N) is 1. The van der Waals surface area contributed by atoms with Gasteiger partial charge in [-0.25, -0.2) is 4.79 Å². The Morgan fingerprint density at radius 2 is 2.00 bits per heavy atom. The fourth-order valence-electron chi connectivity index (χ4n) is 1.14. The number of carboxylic acid groups (broad SMARTS) is 1. The van der Waals surface area contributed by atoms with Gasteiger partial charge in [-0.05, 0) is 17.7 Å². The van der Waals surface area contributed by atoms with Gasteiger partial charge in [0.25, 0.3) is 0 Å². The summed E-state index contributed by atoms with van der Waals surface area (Å²) in [5.74, 6) is -1.95. The molecule has 4 N–H and O–H groups in total. The predicted octanol–water partition coefficient (Wildman–Crippen LogP) is -0.257. The lowest BCUT2D eigenvalue weighted by atomic mass is 10.0. The van der Waals surface area contributed by atoms with Crippen molar-refractivity contribution in [3.8, 4) is 11.8 Å². The highest BCUT2D eigenvalue weighted by molar-refractivity contribution is 5.73. The number of carboxylic acids is 1. The standard InChI is InChI=1S/C10H9NO5/c11-4-6-2-1-5(3-7(6)12)8(13)9(14)10(15)16/h1-3,8-9,12-14H,(H,15,16). The number of phenols is 1. The van der Waals surface area contributed by atoms with Crippen molar-refractivity contribution in [2.75, 3.05) is 0 Å². The molecule has 0 fully saturated rings. The fourth-order valence-corrected chi connectivity index (χ4v) is 1.14. The largest absolute Gasteiger partial charge is 0.507 e. The van der Waals surface area contributed by atoms with Crippen LogP contribution in [0.2, 0.25) is 0 Å². The smallest absolute Gasteiger partial charge is 0.335 e. The molecule has 0 aliphatic carbocycles. The van der Waals surface area contributed by atoms with E-state index in [0.29, 0.717) is 0 Å². The van der Waals surface area contributed by atoms with Crippen LogP contribution >= 0.6 is 0 Å². The molecule has 0 aliphatic heterocycles. The summed E-state index contributed by atoms with van der Waals surface area (Å²) in [5.41, 5.74) is 0.0205. The van der Waals surface area contributed by atoms with Crippen LogP contribution in [0.5, 0.6) is 5.75 Å². The number of hydrogen-bond donors (Lipinski definition) is 4. The van der Waals surface area contributed by atoms with Crippen LogP contribution < -0.4 is 0 Å². The Bertz CT molecular complexity index is 451. The molecule has 0 saturated carbocycles. The summed E-state index contributed by atoms with van der Waals surface area (Å²) in [6.45, 7) is 0. The number of carbonyl (C=O) groups is 1. The Morgan fingerprint density at radius 3 is 2.44 bits per heavy atom. The van der Waals surface area contributed by atoms with E-state index in [-0.39, 0.29) is 16.9 Å². The molecule has 0 bridgehead atoms. The summed E-state index contributed by atoms with van der Waals surface area (Å²) < 4.78 is 0. The number of aliphatic carboxylic acids is 1. The van der Waals surface area contributed by atoms with Gasteiger partial charge in [-0.3, -0.25) is 0 Å². The molecule has 16 heavy (non-hydrogen) atoms. The van der Waals surface area contributed by atoms with Crippen molar-refractivity contribution in [2.45, 2.75) is 12.2 Å². The molecular formula is C10H9NO5. The molecule has 2 unspecified atom stereocenters. The molecule has 0 aliphatic rings. The van der Waals surface area contributed by atoms with Crippen molar-refractivity contribution in [3.63, 3.8) is 0 Å². The van der Waals surface area contributed by atoms with Gasteiger partial charge >= 0.3 is 5.97 Å². The first kappa shape index (κ1) is 12.0. The Kier molecular flexibility index (Phi) is 3.45. The van der Waals surface area contributed by atoms with Crippen LogP contribution in [0.1, 0.15) is 17.2 Å². The molecule has 0 aromatic heterocycles. The highest BCUT2D eigenvalue weighted by Crippen LogP contribution is 2.24. The maximum atomic E-state index is 10.4. The van der Waals surface area contributed by atoms with Crippen molar-refractivity contribution in [2.24, 2.45) is 0 Å². The normalized spacial score (nSPS) is 13.8. The van der Waals surface area contributed by atoms with Crippen LogP contribution in [0.25, 0.3) is 0 Å². The lowest BCUT2D eigenvalue weighted by molar-refractivity contribution is -0.153. The van der Waals surface area contributed by atoms with E-state index in [1.165, 1.54) is 12.1 Å². The summed E-state index contributed by atoms with van der Waals surface area (Å²) in [6, 6.07) is 5.22. The van der Waals surface area contributed by atoms with Gasteiger partial charge in [-0.1, -0.05) is 6.07 Å². The Labute approximate surface area is 90.6 Å². The fraction of sp³-hybridized carbons (Fsp3) is 0.200. The topological polar surface area (TPSA) is 122 Å². The SMILES string of the molecule is N#Cc1ccc(C(O)C(O)C(=O)O)cc1O. The van der Waals surface area contributed by atoms with E-state index in [0.717, 1.165) is 6.07 Å². The average Bonchev–Trinajstić information content (AvgIpc) is 2.26. The molecule has 1 aromatic rings. The zero-order chi connectivity index (χ0) is 12.3. The van der Waals surface area contributed by atoms with Crippen LogP contribution in [0.15, 0.2) is 18.2 Å². The second-order valence-electron chi connectivity index (χ2n) is 3.12. The van der Waals surface area contributed by atoms with Gasteiger partial charge < -0.3 is 20.4 Å². The van der Waals surface area contributed by atoms with Gasteiger partial charge in [-0.2, -0.15) is 5.26 Å². The third-order valence-electron chi connectivity index (χ3n) is 2.04. The van der Waals surface area contributed by atoms with Gasteiger partial charge in [0, 0.05) is 0 Å². The number of aromatic hydroxyl groups is 1. The number of benzene rings is 1. The molecule has 0 spiro atoms. The highest BCUT2D eigenvalue weighted by atomic mass is 16.4. The van der Waals surface area contributed by atoms with Gasteiger partial charge in [0.2, 0.25) is 0 Å². The number of rotatable bonds is 3. The lowest BCUT2D eigenvalue weighted by Gasteiger charge is -2.14. The summed E-state index contributed by atoms with van der Waals surface area (Å²) in [6.07, 6.45) is -3.64. The predicted molar refractivity (Wildman–Crippen MR) is 51.4 cm³/mol. The van der Waals surface area contributed by atoms with Gasteiger partial charge in [0.15, 0.2) is 6.10 Å². The van der Waals surface area contributed by atoms with E-state index in [2.05, 4.69) is 0 Å². The van der Waals surface area contributed by atoms with E-state index in [1.807, 2.05) is 0 Å². The minimum Gasteiger partial charge on any atom is -0.507 e. The summed E-state index contributed by atoms with van der Waals surface area (Å²) in [4.78, 5) is 10.4. The number of nitriles is 1. The van der Waals surface area contributed by atoms with Crippen molar-refractivity contribution >= 4 is 5.97 Å². The molecule has 0 radical (unpaired) electrons. The highest BCUT2D eigenvalue weighted by Gasteiger charge is 2.25. The van der Waals surface area contributed by atoms with Crippen molar-refractivity contribution in [3.05, 3.63) is 29.3 Å². The number of aliphatic hydroxyl groups excluding tert-OH is 2. The van der Waals surface area contributed by atoms with E-state index in [1.54, 1.807) is 6.07 Å². The van der Waals surface area contributed by atoms with E-state index < -0.39 is 18.2 Å². The molecule has 6 heteroatoms. The van der Waals surface area contributed by atoms with Crippen LogP contribution in [-0.4, -0.2) is 32.5 Å². The van der Waals surface area contributed by atoms with Crippen molar-refractivity contribution in [1.82, 2.24) is 0 Å². The number of aliphatic hydroxyl groups is 2. The quantitative estimate of drug-likeness (QED) is 0.560. The Balaban J connectivity index is 3.02. The maximum absolute atomic E-state index is 10.4. The third kappa shape index (κ3) is 2.28. The Morgan fingerprint density at radius 1 is 1.38 bits per heavy atom. The molecule has 0 saturated heterocycles. The third-order valence-corrected chi connectivity index (χ3v) is 2.04. The van der Waals surface area contributed by atoms with Gasteiger partial charge in [0.1, 0.15) is 17.9 Å². The molecule has 0 heterocycles. The van der Waals surface area contributed by atoms with Crippen molar-refractivity contribution in [1.29, 1.82) is 5.26 Å². The zero-order valence-electron chi connectivity index (χ0n) is 8.03. The number of phenolic OH excluding ortho intramolecular Hbond substituents is 1.